The molecule has 1 saturated carbocycles. The van der Waals surface area contributed by atoms with Crippen LogP contribution in [0.15, 0.2) is 47.8 Å². The van der Waals surface area contributed by atoms with E-state index in [9.17, 15) is 4.79 Å². The molecule has 1 unspecified atom stereocenters. The van der Waals surface area contributed by atoms with Crippen LogP contribution in [-0.4, -0.2) is 41.5 Å². The largest absolute Gasteiger partial charge is 0.350 e. The van der Waals surface area contributed by atoms with E-state index in [0.29, 0.717) is 24.2 Å². The monoisotopic (exact) mass is 365 g/mol. The zero-order valence-electron chi connectivity index (χ0n) is 15.1. The summed E-state index contributed by atoms with van der Waals surface area (Å²) < 4.78 is 0. The van der Waals surface area contributed by atoms with Gasteiger partial charge in [-0.1, -0.05) is 24.3 Å². The number of nitrogens with zero attached hydrogens (tertiary/aromatic N) is 2. The van der Waals surface area contributed by atoms with Crippen LogP contribution in [0.25, 0.3) is 21.5 Å². The number of para-hydroxylation sites is 1. The third-order valence-corrected chi connectivity index (χ3v) is 6.00. The molecule has 134 valence electrons. The molecule has 3 aromatic rings. The molecule has 1 fully saturated rings. The maximum atomic E-state index is 12.9. The van der Waals surface area contributed by atoms with E-state index in [4.69, 9.17) is 4.98 Å². The molecule has 0 bridgehead atoms. The highest BCUT2D eigenvalue weighted by atomic mass is 32.1. The predicted molar refractivity (Wildman–Crippen MR) is 108 cm³/mol. The first-order valence-corrected chi connectivity index (χ1v) is 9.95. The third kappa shape index (κ3) is 3.50. The van der Waals surface area contributed by atoms with Crippen molar-refractivity contribution in [3.8, 4) is 10.6 Å². The van der Waals surface area contributed by atoms with Crippen molar-refractivity contribution >= 4 is 28.1 Å². The number of carbonyl (C=O) groups is 1. The minimum absolute atomic E-state index is 0.0301. The topological polar surface area (TPSA) is 45.2 Å². The van der Waals surface area contributed by atoms with Crippen LogP contribution in [0, 0.1) is 0 Å². The van der Waals surface area contributed by atoms with E-state index >= 15 is 0 Å². The SMILES string of the molecule is CC(CNC(=O)c1cc(-c2cccs2)nc2ccccc12)N(C)C1CC1. The Morgan fingerprint density at radius 1 is 1.31 bits per heavy atom. The van der Waals surface area contributed by atoms with Crippen molar-refractivity contribution in [1.29, 1.82) is 0 Å². The van der Waals surface area contributed by atoms with Gasteiger partial charge in [-0.25, -0.2) is 4.98 Å². The third-order valence-electron chi connectivity index (χ3n) is 5.11. The average Bonchev–Trinajstić information content (AvgIpc) is 3.38. The van der Waals surface area contributed by atoms with Crippen LogP contribution in [0.1, 0.15) is 30.1 Å². The van der Waals surface area contributed by atoms with Crippen molar-refractivity contribution in [3.63, 3.8) is 0 Å². The Hall–Kier alpha value is -2.24. The Bertz CT molecular complexity index is 918. The van der Waals surface area contributed by atoms with Gasteiger partial charge in [0.15, 0.2) is 0 Å². The zero-order chi connectivity index (χ0) is 18.1. The van der Waals surface area contributed by atoms with Gasteiger partial charge in [0, 0.05) is 24.0 Å². The number of hydrogen-bond donors (Lipinski definition) is 1. The van der Waals surface area contributed by atoms with Gasteiger partial charge >= 0.3 is 0 Å². The number of nitrogens with one attached hydrogen (secondary N) is 1. The molecule has 0 spiro atoms. The van der Waals surface area contributed by atoms with Gasteiger partial charge in [0.25, 0.3) is 5.91 Å². The fourth-order valence-electron chi connectivity index (χ4n) is 3.24. The van der Waals surface area contributed by atoms with Gasteiger partial charge in [-0.05, 0) is 50.4 Å². The van der Waals surface area contributed by atoms with Crippen LogP contribution in [0.2, 0.25) is 0 Å². The van der Waals surface area contributed by atoms with Crippen molar-refractivity contribution in [2.75, 3.05) is 13.6 Å². The lowest BCUT2D eigenvalue weighted by atomic mass is 10.1. The molecule has 0 saturated heterocycles. The molecule has 26 heavy (non-hydrogen) atoms. The molecule has 1 atom stereocenters. The maximum Gasteiger partial charge on any atom is 0.252 e. The summed E-state index contributed by atoms with van der Waals surface area (Å²) in [5, 5.41) is 6.05. The first-order chi connectivity index (χ1) is 12.6. The summed E-state index contributed by atoms with van der Waals surface area (Å²) in [5.74, 6) is -0.0301. The highest BCUT2D eigenvalue weighted by Gasteiger charge is 2.29. The summed E-state index contributed by atoms with van der Waals surface area (Å²) in [4.78, 5) is 21.1. The number of hydrogen-bond acceptors (Lipinski definition) is 4. The molecule has 2 heterocycles. The van der Waals surface area contributed by atoms with E-state index in [1.54, 1.807) is 11.3 Å². The minimum atomic E-state index is -0.0301. The van der Waals surface area contributed by atoms with Crippen molar-refractivity contribution in [2.24, 2.45) is 0 Å². The Labute approximate surface area is 157 Å². The Morgan fingerprint density at radius 2 is 2.12 bits per heavy atom. The lowest BCUT2D eigenvalue weighted by Crippen LogP contribution is -2.41. The van der Waals surface area contributed by atoms with Crippen LogP contribution < -0.4 is 5.32 Å². The molecular formula is C21H23N3OS. The molecule has 1 aromatic carbocycles. The van der Waals surface area contributed by atoms with Gasteiger partial charge in [0.05, 0.1) is 21.7 Å². The van der Waals surface area contributed by atoms with Crippen LogP contribution in [0.4, 0.5) is 0 Å². The fraction of sp³-hybridized carbons (Fsp3) is 0.333. The normalized spacial score (nSPS) is 15.3. The second kappa shape index (κ2) is 7.17. The summed E-state index contributed by atoms with van der Waals surface area (Å²) in [7, 11) is 2.14. The van der Waals surface area contributed by atoms with Crippen LogP contribution >= 0.6 is 11.3 Å². The molecule has 4 rings (SSSR count). The standard InChI is InChI=1S/C21H23N3OS/c1-14(24(2)15-9-10-15)13-22-21(25)17-12-19(20-8-5-11-26-20)23-18-7-4-3-6-16(17)18/h3-8,11-12,14-15H,9-10,13H2,1-2H3,(H,22,25). The Kier molecular flexibility index (Phi) is 4.74. The molecule has 1 N–H and O–H groups in total. The van der Waals surface area contributed by atoms with Crippen LogP contribution in [0.3, 0.4) is 0 Å². The maximum absolute atomic E-state index is 12.9. The number of pyridine rings is 1. The lowest BCUT2D eigenvalue weighted by molar-refractivity contribution is 0.0941. The summed E-state index contributed by atoms with van der Waals surface area (Å²) in [6, 6.07) is 14.8. The van der Waals surface area contributed by atoms with Crippen molar-refractivity contribution in [1.82, 2.24) is 15.2 Å². The van der Waals surface area contributed by atoms with Gasteiger partial charge in [0.1, 0.15) is 0 Å². The first kappa shape index (κ1) is 17.2. The van der Waals surface area contributed by atoms with E-state index < -0.39 is 0 Å². The second-order valence-electron chi connectivity index (χ2n) is 7.01. The van der Waals surface area contributed by atoms with E-state index in [1.165, 1.54) is 12.8 Å². The van der Waals surface area contributed by atoms with Crippen molar-refractivity contribution in [2.45, 2.75) is 31.8 Å². The molecule has 4 nitrogen and oxygen atoms in total. The van der Waals surface area contributed by atoms with Crippen molar-refractivity contribution in [3.05, 3.63) is 53.4 Å². The van der Waals surface area contributed by atoms with Gasteiger partial charge in [0.2, 0.25) is 0 Å². The van der Waals surface area contributed by atoms with E-state index in [2.05, 4.69) is 24.2 Å². The molecular weight excluding hydrogens is 342 g/mol. The van der Waals surface area contributed by atoms with E-state index in [0.717, 1.165) is 21.5 Å². The van der Waals surface area contributed by atoms with E-state index in [-0.39, 0.29) is 5.91 Å². The molecule has 0 radical (unpaired) electrons. The van der Waals surface area contributed by atoms with Crippen molar-refractivity contribution < 1.29 is 4.79 Å². The number of benzene rings is 1. The summed E-state index contributed by atoms with van der Waals surface area (Å²) in [6.07, 6.45) is 2.54. The Morgan fingerprint density at radius 3 is 2.85 bits per heavy atom. The average molecular weight is 366 g/mol. The number of carbonyl (C=O) groups excluding carboxylic acids is 1. The Balaban J connectivity index is 1.60. The van der Waals surface area contributed by atoms with Gasteiger partial charge < -0.3 is 5.32 Å². The lowest BCUT2D eigenvalue weighted by Gasteiger charge is -2.24. The summed E-state index contributed by atoms with van der Waals surface area (Å²) in [6.45, 7) is 2.82. The fourth-order valence-corrected chi connectivity index (χ4v) is 3.92. The molecule has 1 amide bonds. The molecule has 5 heteroatoms. The second-order valence-corrected chi connectivity index (χ2v) is 7.95. The quantitative estimate of drug-likeness (QED) is 0.713. The van der Waals surface area contributed by atoms with Gasteiger partial charge in [-0.3, -0.25) is 9.69 Å². The summed E-state index contributed by atoms with van der Waals surface area (Å²) in [5.41, 5.74) is 2.40. The van der Waals surface area contributed by atoms with Crippen LogP contribution in [-0.2, 0) is 0 Å². The highest BCUT2D eigenvalue weighted by molar-refractivity contribution is 7.13. The van der Waals surface area contributed by atoms with E-state index in [1.807, 2.05) is 47.8 Å². The molecule has 2 aromatic heterocycles. The molecule has 1 aliphatic carbocycles. The predicted octanol–water partition coefficient (Wildman–Crippen LogP) is 4.18. The molecule has 1 aliphatic rings. The number of likely N-dealkylation sites (N-methyl/N-ethyl adjacent to an activating group) is 1. The number of amides is 1. The number of rotatable bonds is 6. The first-order valence-electron chi connectivity index (χ1n) is 9.07. The van der Waals surface area contributed by atoms with Crippen LogP contribution in [0.5, 0.6) is 0 Å². The zero-order valence-corrected chi connectivity index (χ0v) is 15.9. The van der Waals surface area contributed by atoms with Gasteiger partial charge in [-0.2, -0.15) is 0 Å². The minimum Gasteiger partial charge on any atom is -0.350 e. The summed E-state index contributed by atoms with van der Waals surface area (Å²) >= 11 is 1.64. The highest BCUT2D eigenvalue weighted by Crippen LogP contribution is 2.28. The number of thiophene rings is 1. The smallest absolute Gasteiger partial charge is 0.252 e. The van der Waals surface area contributed by atoms with Gasteiger partial charge in [-0.15, -0.1) is 11.3 Å². The number of fused-ring (bicyclic) bond motifs is 1. The molecule has 0 aliphatic heterocycles. The number of aromatic nitrogens is 1.